The SMILES string of the molecule is COC(C)(C)C(O)Nc1cc(CCl)ccn1. The molecule has 1 aromatic heterocycles. The largest absolute Gasteiger partial charge is 0.374 e. The Morgan fingerprint density at radius 3 is 2.88 bits per heavy atom. The predicted octanol–water partition coefficient (Wildman–Crippen LogP) is 1.98. The number of halogens is 1. The number of hydrogen-bond acceptors (Lipinski definition) is 4. The minimum absolute atomic E-state index is 0.418. The van der Waals surface area contributed by atoms with Gasteiger partial charge in [-0.25, -0.2) is 4.98 Å². The molecule has 0 aliphatic heterocycles. The highest BCUT2D eigenvalue weighted by molar-refractivity contribution is 6.17. The second-order valence-corrected chi connectivity index (χ2v) is 4.30. The van der Waals surface area contributed by atoms with Crippen molar-refractivity contribution in [3.8, 4) is 0 Å². The van der Waals surface area contributed by atoms with Crippen LogP contribution >= 0.6 is 11.6 Å². The van der Waals surface area contributed by atoms with E-state index in [1.807, 2.05) is 6.07 Å². The van der Waals surface area contributed by atoms with E-state index in [4.69, 9.17) is 16.3 Å². The fraction of sp³-hybridized carbons (Fsp3) is 0.545. The molecule has 0 spiro atoms. The van der Waals surface area contributed by atoms with Crippen LogP contribution in [0, 0.1) is 0 Å². The van der Waals surface area contributed by atoms with Crippen molar-refractivity contribution in [1.29, 1.82) is 0 Å². The first kappa shape index (κ1) is 13.2. The van der Waals surface area contributed by atoms with Crippen LogP contribution in [0.3, 0.4) is 0 Å². The zero-order chi connectivity index (χ0) is 12.2. The number of nitrogens with zero attached hydrogens (tertiary/aromatic N) is 1. The van der Waals surface area contributed by atoms with Crippen LogP contribution in [-0.2, 0) is 10.6 Å². The fourth-order valence-electron chi connectivity index (χ4n) is 1.06. The maximum Gasteiger partial charge on any atom is 0.154 e. The van der Waals surface area contributed by atoms with Gasteiger partial charge in [0, 0.05) is 19.2 Å². The van der Waals surface area contributed by atoms with E-state index in [1.54, 1.807) is 33.2 Å². The zero-order valence-electron chi connectivity index (χ0n) is 9.70. The molecule has 0 saturated carbocycles. The topological polar surface area (TPSA) is 54.4 Å². The molecule has 16 heavy (non-hydrogen) atoms. The summed E-state index contributed by atoms with van der Waals surface area (Å²) in [5, 5.41) is 12.8. The van der Waals surface area contributed by atoms with Crippen LogP contribution in [0.1, 0.15) is 19.4 Å². The predicted molar refractivity (Wildman–Crippen MR) is 64.5 cm³/mol. The third-order valence-corrected chi connectivity index (χ3v) is 2.76. The van der Waals surface area contributed by atoms with Crippen molar-refractivity contribution in [3.63, 3.8) is 0 Å². The standard InChI is InChI=1S/C11H17ClN2O2/c1-11(2,16-3)10(15)14-9-6-8(7-12)4-5-13-9/h4-6,10,15H,7H2,1-3H3,(H,13,14). The molecular formula is C11H17ClN2O2. The Bertz CT molecular complexity index is 345. The molecular weight excluding hydrogens is 228 g/mol. The van der Waals surface area contributed by atoms with Gasteiger partial charge in [-0.15, -0.1) is 11.6 Å². The normalized spacial score (nSPS) is 13.6. The lowest BCUT2D eigenvalue weighted by Gasteiger charge is -2.29. The van der Waals surface area contributed by atoms with Gasteiger partial charge in [0.2, 0.25) is 0 Å². The highest BCUT2D eigenvalue weighted by Gasteiger charge is 2.27. The Morgan fingerprint density at radius 2 is 2.31 bits per heavy atom. The first-order valence-electron chi connectivity index (χ1n) is 5.00. The van der Waals surface area contributed by atoms with Crippen LogP contribution in [-0.4, -0.2) is 29.0 Å². The van der Waals surface area contributed by atoms with E-state index < -0.39 is 11.8 Å². The average molecular weight is 245 g/mol. The van der Waals surface area contributed by atoms with Crippen LogP contribution in [0.4, 0.5) is 5.82 Å². The van der Waals surface area contributed by atoms with Crippen molar-refractivity contribution < 1.29 is 9.84 Å². The quantitative estimate of drug-likeness (QED) is 0.614. The minimum atomic E-state index is -0.837. The number of alkyl halides is 1. The van der Waals surface area contributed by atoms with Gasteiger partial charge in [0.1, 0.15) is 11.4 Å². The molecule has 2 N–H and O–H groups in total. The summed E-state index contributed by atoms with van der Waals surface area (Å²) < 4.78 is 5.16. The van der Waals surface area contributed by atoms with Crippen molar-refractivity contribution in [2.75, 3.05) is 12.4 Å². The summed E-state index contributed by atoms with van der Waals surface area (Å²) in [7, 11) is 1.55. The lowest BCUT2D eigenvalue weighted by Crippen LogP contribution is -2.43. The highest BCUT2D eigenvalue weighted by Crippen LogP contribution is 2.17. The number of rotatable bonds is 5. The summed E-state index contributed by atoms with van der Waals surface area (Å²) in [5.41, 5.74) is 0.264. The molecule has 1 rings (SSSR count). The maximum absolute atomic E-state index is 9.88. The second-order valence-electron chi connectivity index (χ2n) is 4.04. The Hall–Kier alpha value is -0.840. The van der Waals surface area contributed by atoms with Gasteiger partial charge in [-0.2, -0.15) is 0 Å². The van der Waals surface area contributed by atoms with Crippen molar-refractivity contribution >= 4 is 17.4 Å². The van der Waals surface area contributed by atoms with Gasteiger partial charge in [0.15, 0.2) is 6.23 Å². The molecule has 0 aliphatic rings. The molecule has 0 fully saturated rings. The summed E-state index contributed by atoms with van der Waals surface area (Å²) >= 11 is 5.71. The monoisotopic (exact) mass is 244 g/mol. The number of ether oxygens (including phenoxy) is 1. The first-order chi connectivity index (χ1) is 7.49. The molecule has 1 unspecified atom stereocenters. The molecule has 1 aromatic rings. The van der Waals surface area contributed by atoms with Crippen LogP contribution < -0.4 is 5.32 Å². The molecule has 1 atom stereocenters. The van der Waals surface area contributed by atoms with Gasteiger partial charge in [-0.05, 0) is 31.5 Å². The summed E-state index contributed by atoms with van der Waals surface area (Å²) in [6.45, 7) is 3.58. The van der Waals surface area contributed by atoms with E-state index in [2.05, 4.69) is 10.3 Å². The van der Waals surface area contributed by atoms with E-state index in [0.29, 0.717) is 11.7 Å². The number of anilines is 1. The fourth-order valence-corrected chi connectivity index (χ4v) is 1.23. The summed E-state index contributed by atoms with van der Waals surface area (Å²) in [6.07, 6.45) is 0.808. The van der Waals surface area contributed by atoms with Gasteiger partial charge in [0.25, 0.3) is 0 Å². The molecule has 0 bridgehead atoms. The van der Waals surface area contributed by atoms with Crippen LogP contribution in [0.25, 0.3) is 0 Å². The third-order valence-electron chi connectivity index (χ3n) is 2.45. The molecule has 90 valence electrons. The number of nitrogens with one attached hydrogen (secondary N) is 1. The molecule has 0 amide bonds. The summed E-state index contributed by atoms with van der Waals surface area (Å²) in [4.78, 5) is 4.09. The van der Waals surface area contributed by atoms with E-state index in [1.165, 1.54) is 0 Å². The molecule has 5 heteroatoms. The average Bonchev–Trinajstić information content (AvgIpc) is 2.29. The molecule has 0 aliphatic carbocycles. The van der Waals surface area contributed by atoms with Crippen LogP contribution in [0.2, 0.25) is 0 Å². The zero-order valence-corrected chi connectivity index (χ0v) is 10.5. The molecule has 0 aromatic carbocycles. The van der Waals surface area contributed by atoms with Crippen LogP contribution in [0.5, 0.6) is 0 Å². The number of aliphatic hydroxyl groups is 1. The van der Waals surface area contributed by atoms with E-state index >= 15 is 0 Å². The van der Waals surface area contributed by atoms with Gasteiger partial charge >= 0.3 is 0 Å². The van der Waals surface area contributed by atoms with E-state index in [9.17, 15) is 5.11 Å². The van der Waals surface area contributed by atoms with Crippen molar-refractivity contribution in [2.24, 2.45) is 0 Å². The molecule has 1 heterocycles. The number of methoxy groups -OCH3 is 1. The lowest BCUT2D eigenvalue weighted by atomic mass is 10.1. The van der Waals surface area contributed by atoms with Gasteiger partial charge in [0.05, 0.1) is 0 Å². The third kappa shape index (κ3) is 3.33. The van der Waals surface area contributed by atoms with Gasteiger partial charge in [-0.3, -0.25) is 0 Å². The van der Waals surface area contributed by atoms with E-state index in [0.717, 1.165) is 5.56 Å². The number of pyridine rings is 1. The number of aliphatic hydroxyl groups excluding tert-OH is 1. The Balaban J connectivity index is 2.72. The summed E-state index contributed by atoms with van der Waals surface area (Å²) in [6, 6.07) is 3.62. The molecule has 0 saturated heterocycles. The Morgan fingerprint density at radius 1 is 1.62 bits per heavy atom. The van der Waals surface area contributed by atoms with Crippen molar-refractivity contribution in [3.05, 3.63) is 23.9 Å². The van der Waals surface area contributed by atoms with Crippen molar-refractivity contribution in [1.82, 2.24) is 4.98 Å². The molecule has 0 radical (unpaired) electrons. The number of hydrogen-bond donors (Lipinski definition) is 2. The Labute approximate surface area is 101 Å². The van der Waals surface area contributed by atoms with Crippen LogP contribution in [0.15, 0.2) is 18.3 Å². The number of aromatic nitrogens is 1. The Kier molecular flexibility index (Phi) is 4.53. The van der Waals surface area contributed by atoms with Gasteiger partial charge < -0.3 is 15.2 Å². The second kappa shape index (κ2) is 5.48. The highest BCUT2D eigenvalue weighted by atomic mass is 35.5. The first-order valence-corrected chi connectivity index (χ1v) is 5.53. The summed E-state index contributed by atoms with van der Waals surface area (Å²) in [5.74, 6) is 0.997. The minimum Gasteiger partial charge on any atom is -0.374 e. The van der Waals surface area contributed by atoms with Crippen molar-refractivity contribution in [2.45, 2.75) is 31.6 Å². The maximum atomic E-state index is 9.88. The lowest BCUT2D eigenvalue weighted by molar-refractivity contribution is -0.0647. The van der Waals surface area contributed by atoms with Gasteiger partial charge in [-0.1, -0.05) is 0 Å². The molecule has 4 nitrogen and oxygen atoms in total. The van der Waals surface area contributed by atoms with E-state index in [-0.39, 0.29) is 0 Å². The smallest absolute Gasteiger partial charge is 0.154 e.